The maximum Gasteiger partial charge on any atom is 0.272 e. The molecule has 0 aliphatic heterocycles. The van der Waals surface area contributed by atoms with E-state index in [2.05, 4.69) is 0 Å². The maximum atomic E-state index is 13.8. The Kier molecular flexibility index (Phi) is 5.51. The molecular weight excluding hydrogens is 239 g/mol. The van der Waals surface area contributed by atoms with E-state index in [1.807, 2.05) is 6.92 Å². The van der Waals surface area contributed by atoms with Crippen molar-refractivity contribution < 1.29 is 14.4 Å². The molecule has 6 heteroatoms. The molecule has 0 aromatic heterocycles. The van der Waals surface area contributed by atoms with Gasteiger partial charge in [-0.3, -0.25) is 10.1 Å². The van der Waals surface area contributed by atoms with Crippen LogP contribution in [0.25, 0.3) is 0 Å². The first-order chi connectivity index (χ1) is 8.60. The van der Waals surface area contributed by atoms with Crippen molar-refractivity contribution in [1.29, 1.82) is 0 Å². The smallest absolute Gasteiger partial charge is 0.272 e. The Balaban J connectivity index is 2.93. The number of rotatable bonds is 7. The van der Waals surface area contributed by atoms with Gasteiger partial charge in [-0.2, -0.15) is 0 Å². The number of aliphatic hydroxyl groups is 1. The van der Waals surface area contributed by atoms with Crippen molar-refractivity contribution in [2.75, 3.05) is 24.6 Å². The number of benzene rings is 1. The van der Waals surface area contributed by atoms with Gasteiger partial charge in [-0.05, 0) is 12.5 Å². The highest BCUT2D eigenvalue weighted by Gasteiger charge is 2.15. The van der Waals surface area contributed by atoms with Crippen molar-refractivity contribution >= 4 is 11.4 Å². The number of anilines is 1. The Morgan fingerprint density at radius 2 is 2.17 bits per heavy atom. The topological polar surface area (TPSA) is 66.6 Å². The van der Waals surface area contributed by atoms with E-state index in [0.717, 1.165) is 18.9 Å². The second-order valence-electron chi connectivity index (χ2n) is 3.96. The summed E-state index contributed by atoms with van der Waals surface area (Å²) >= 11 is 0. The highest BCUT2D eigenvalue weighted by Crippen LogP contribution is 2.24. The van der Waals surface area contributed by atoms with Crippen molar-refractivity contribution in [2.24, 2.45) is 0 Å². The minimum Gasteiger partial charge on any atom is -0.395 e. The number of hydrogen-bond acceptors (Lipinski definition) is 4. The first-order valence-corrected chi connectivity index (χ1v) is 5.90. The molecule has 0 fully saturated rings. The van der Waals surface area contributed by atoms with Crippen LogP contribution in [-0.4, -0.2) is 29.7 Å². The number of non-ortho nitro benzene ring substituents is 1. The Labute approximate surface area is 105 Å². The van der Waals surface area contributed by atoms with Gasteiger partial charge in [0.2, 0.25) is 0 Å². The van der Waals surface area contributed by atoms with E-state index in [9.17, 15) is 14.5 Å². The number of halogens is 1. The van der Waals surface area contributed by atoms with Crippen LogP contribution in [0.15, 0.2) is 18.2 Å². The number of nitro benzene ring substituents is 1. The fourth-order valence-corrected chi connectivity index (χ4v) is 1.69. The largest absolute Gasteiger partial charge is 0.395 e. The average molecular weight is 256 g/mol. The molecule has 18 heavy (non-hydrogen) atoms. The highest BCUT2D eigenvalue weighted by atomic mass is 19.1. The van der Waals surface area contributed by atoms with Gasteiger partial charge in [0.15, 0.2) is 5.82 Å². The number of aliphatic hydroxyl groups excluding tert-OH is 1. The van der Waals surface area contributed by atoms with Crippen LogP contribution in [0, 0.1) is 15.9 Å². The van der Waals surface area contributed by atoms with Crippen molar-refractivity contribution in [3.05, 3.63) is 34.1 Å². The summed E-state index contributed by atoms with van der Waals surface area (Å²) in [7, 11) is 0. The second kappa shape index (κ2) is 6.90. The number of nitro groups is 1. The summed E-state index contributed by atoms with van der Waals surface area (Å²) in [5.74, 6) is -0.631. The monoisotopic (exact) mass is 256 g/mol. The Morgan fingerprint density at radius 1 is 1.44 bits per heavy atom. The third-order valence-electron chi connectivity index (χ3n) is 2.63. The predicted octanol–water partition coefficient (Wildman–Crippen LogP) is 2.33. The normalized spacial score (nSPS) is 10.4. The quantitative estimate of drug-likeness (QED) is 0.600. The molecule has 1 aromatic carbocycles. The summed E-state index contributed by atoms with van der Waals surface area (Å²) < 4.78 is 13.8. The van der Waals surface area contributed by atoms with Crippen LogP contribution in [0.3, 0.4) is 0 Å². The van der Waals surface area contributed by atoms with Crippen LogP contribution in [0.1, 0.15) is 19.8 Å². The summed E-state index contributed by atoms with van der Waals surface area (Å²) in [4.78, 5) is 11.6. The Bertz CT molecular complexity index is 412. The molecule has 0 unspecified atom stereocenters. The molecule has 0 aliphatic rings. The minimum atomic E-state index is -0.631. The van der Waals surface area contributed by atoms with Crippen LogP contribution in [-0.2, 0) is 0 Å². The van der Waals surface area contributed by atoms with Gasteiger partial charge in [0.05, 0.1) is 23.3 Å². The standard InChI is InChI=1S/C12H17FN2O3/c1-2-3-6-14(7-8-16)12-5-4-10(15(17)18)9-11(12)13/h4-5,9,16H,2-3,6-8H2,1H3. The molecule has 1 N–H and O–H groups in total. The van der Waals surface area contributed by atoms with E-state index in [1.165, 1.54) is 12.1 Å². The highest BCUT2D eigenvalue weighted by molar-refractivity contribution is 5.52. The first kappa shape index (κ1) is 14.4. The zero-order valence-corrected chi connectivity index (χ0v) is 10.3. The molecule has 0 aliphatic carbocycles. The summed E-state index contributed by atoms with van der Waals surface area (Å²) in [5.41, 5.74) is 0.0267. The lowest BCUT2D eigenvalue weighted by atomic mass is 10.2. The molecule has 0 saturated carbocycles. The third-order valence-corrected chi connectivity index (χ3v) is 2.63. The van der Waals surface area contributed by atoms with Crippen LogP contribution in [0.4, 0.5) is 15.8 Å². The molecule has 0 atom stereocenters. The van der Waals surface area contributed by atoms with E-state index >= 15 is 0 Å². The summed E-state index contributed by atoms with van der Waals surface area (Å²) in [6.45, 7) is 2.87. The summed E-state index contributed by atoms with van der Waals surface area (Å²) in [5, 5.41) is 19.5. The van der Waals surface area contributed by atoms with Crippen LogP contribution >= 0.6 is 0 Å². The second-order valence-corrected chi connectivity index (χ2v) is 3.96. The molecule has 1 rings (SSSR count). The fraction of sp³-hybridized carbons (Fsp3) is 0.500. The number of unbranched alkanes of at least 4 members (excludes halogenated alkanes) is 1. The van der Waals surface area contributed by atoms with E-state index in [1.54, 1.807) is 4.90 Å². The number of hydrogen-bond donors (Lipinski definition) is 1. The molecule has 0 saturated heterocycles. The Morgan fingerprint density at radius 3 is 2.67 bits per heavy atom. The minimum absolute atomic E-state index is 0.0832. The molecule has 100 valence electrons. The maximum absolute atomic E-state index is 13.8. The van der Waals surface area contributed by atoms with Gasteiger partial charge in [-0.15, -0.1) is 0 Å². The van der Waals surface area contributed by atoms with Crippen LogP contribution in [0.5, 0.6) is 0 Å². The van der Waals surface area contributed by atoms with Gasteiger partial charge in [-0.1, -0.05) is 13.3 Å². The van der Waals surface area contributed by atoms with Crippen LogP contribution in [0.2, 0.25) is 0 Å². The van der Waals surface area contributed by atoms with Crippen LogP contribution < -0.4 is 4.90 Å². The van der Waals surface area contributed by atoms with Crippen molar-refractivity contribution in [2.45, 2.75) is 19.8 Å². The SMILES string of the molecule is CCCCN(CCO)c1ccc([N+](=O)[O-])cc1F. The molecule has 5 nitrogen and oxygen atoms in total. The lowest BCUT2D eigenvalue weighted by Crippen LogP contribution is -2.28. The first-order valence-electron chi connectivity index (χ1n) is 5.90. The van der Waals surface area contributed by atoms with E-state index < -0.39 is 10.7 Å². The zero-order valence-electron chi connectivity index (χ0n) is 10.3. The number of nitrogens with zero attached hydrogens (tertiary/aromatic N) is 2. The zero-order chi connectivity index (χ0) is 13.5. The van der Waals surface area contributed by atoms with Gasteiger partial charge in [0.25, 0.3) is 5.69 Å². The van der Waals surface area contributed by atoms with E-state index in [4.69, 9.17) is 5.11 Å². The van der Waals surface area contributed by atoms with Gasteiger partial charge >= 0.3 is 0 Å². The lowest BCUT2D eigenvalue weighted by Gasteiger charge is -2.24. The molecular formula is C12H17FN2O3. The van der Waals surface area contributed by atoms with Crippen molar-refractivity contribution in [3.8, 4) is 0 Å². The Hall–Kier alpha value is -1.69. The predicted molar refractivity (Wildman–Crippen MR) is 67.3 cm³/mol. The lowest BCUT2D eigenvalue weighted by molar-refractivity contribution is -0.385. The molecule has 0 heterocycles. The molecule has 0 bridgehead atoms. The van der Waals surface area contributed by atoms with Crippen molar-refractivity contribution in [1.82, 2.24) is 0 Å². The summed E-state index contributed by atoms with van der Waals surface area (Å²) in [6.07, 6.45) is 1.83. The van der Waals surface area contributed by atoms with Gasteiger partial charge in [0.1, 0.15) is 0 Å². The van der Waals surface area contributed by atoms with Gasteiger partial charge in [0, 0.05) is 19.2 Å². The fourth-order valence-electron chi connectivity index (χ4n) is 1.69. The van der Waals surface area contributed by atoms with E-state index in [0.29, 0.717) is 18.8 Å². The van der Waals surface area contributed by atoms with E-state index in [-0.39, 0.29) is 12.3 Å². The molecule has 1 aromatic rings. The summed E-state index contributed by atoms with van der Waals surface area (Å²) in [6, 6.07) is 3.57. The van der Waals surface area contributed by atoms with Gasteiger partial charge in [-0.25, -0.2) is 4.39 Å². The molecule has 0 spiro atoms. The molecule has 0 radical (unpaired) electrons. The average Bonchev–Trinajstić information content (AvgIpc) is 2.34. The third kappa shape index (κ3) is 3.66. The van der Waals surface area contributed by atoms with Gasteiger partial charge < -0.3 is 10.0 Å². The molecule has 0 amide bonds. The van der Waals surface area contributed by atoms with Crippen molar-refractivity contribution in [3.63, 3.8) is 0 Å².